The van der Waals surface area contributed by atoms with Crippen LogP contribution in [0.15, 0.2) is 12.3 Å². The molecule has 2 rings (SSSR count). The molecule has 1 saturated heterocycles. The van der Waals surface area contributed by atoms with Gasteiger partial charge in [0.1, 0.15) is 0 Å². The van der Waals surface area contributed by atoms with Gasteiger partial charge in [-0.1, -0.05) is 5.92 Å². The molecule has 0 aliphatic carbocycles. The highest BCUT2D eigenvalue weighted by Crippen LogP contribution is 2.17. The SMILES string of the molecule is C#Cc1cc(NC2CCN(C)CC2)cnc1F. The lowest BCUT2D eigenvalue weighted by molar-refractivity contribution is 0.264. The smallest absolute Gasteiger partial charge is 0.228 e. The fourth-order valence-corrected chi connectivity index (χ4v) is 2.02. The topological polar surface area (TPSA) is 28.2 Å². The van der Waals surface area contributed by atoms with E-state index in [1.165, 1.54) is 6.20 Å². The van der Waals surface area contributed by atoms with Crippen molar-refractivity contribution in [2.24, 2.45) is 0 Å². The maximum atomic E-state index is 13.1. The molecule has 2 heterocycles. The van der Waals surface area contributed by atoms with E-state index in [4.69, 9.17) is 6.42 Å². The fraction of sp³-hybridized carbons (Fsp3) is 0.462. The summed E-state index contributed by atoms with van der Waals surface area (Å²) in [6, 6.07) is 2.06. The van der Waals surface area contributed by atoms with Gasteiger partial charge in [-0.25, -0.2) is 4.98 Å². The van der Waals surface area contributed by atoms with Crippen LogP contribution in [0, 0.1) is 18.3 Å². The van der Waals surface area contributed by atoms with Gasteiger partial charge >= 0.3 is 0 Å². The van der Waals surface area contributed by atoms with E-state index in [1.54, 1.807) is 6.07 Å². The fourth-order valence-electron chi connectivity index (χ4n) is 2.02. The molecular weight excluding hydrogens is 217 g/mol. The molecule has 1 aromatic heterocycles. The number of piperidine rings is 1. The van der Waals surface area contributed by atoms with Crippen LogP contribution in [0.3, 0.4) is 0 Å². The van der Waals surface area contributed by atoms with Crippen LogP contribution in [0.2, 0.25) is 0 Å². The molecule has 1 aliphatic rings. The Kier molecular flexibility index (Phi) is 3.60. The van der Waals surface area contributed by atoms with Crippen LogP contribution in [0.4, 0.5) is 10.1 Å². The van der Waals surface area contributed by atoms with Gasteiger partial charge in [0.15, 0.2) is 0 Å². The molecule has 1 N–H and O–H groups in total. The Balaban J connectivity index is 2.02. The summed E-state index contributed by atoms with van der Waals surface area (Å²) in [5.41, 5.74) is 1.01. The van der Waals surface area contributed by atoms with Crippen molar-refractivity contribution in [2.75, 3.05) is 25.5 Å². The summed E-state index contributed by atoms with van der Waals surface area (Å²) in [5, 5.41) is 3.35. The third-order valence-corrected chi connectivity index (χ3v) is 3.08. The van der Waals surface area contributed by atoms with Crippen molar-refractivity contribution in [3.05, 3.63) is 23.8 Å². The van der Waals surface area contributed by atoms with Gasteiger partial charge in [-0.2, -0.15) is 4.39 Å². The molecule has 0 aromatic carbocycles. The number of likely N-dealkylation sites (tertiary alicyclic amines) is 1. The highest BCUT2D eigenvalue weighted by molar-refractivity contribution is 5.48. The van der Waals surface area contributed by atoms with E-state index in [0.717, 1.165) is 31.6 Å². The molecule has 1 fully saturated rings. The second-order valence-electron chi connectivity index (χ2n) is 4.43. The van der Waals surface area contributed by atoms with Crippen LogP contribution < -0.4 is 5.32 Å². The number of terminal acetylenes is 1. The third-order valence-electron chi connectivity index (χ3n) is 3.08. The first-order valence-corrected chi connectivity index (χ1v) is 5.76. The van der Waals surface area contributed by atoms with Gasteiger partial charge in [0.2, 0.25) is 5.95 Å². The number of nitrogens with one attached hydrogen (secondary N) is 1. The molecule has 0 amide bonds. The Hall–Kier alpha value is -1.60. The molecule has 4 heteroatoms. The molecule has 90 valence electrons. The zero-order valence-electron chi connectivity index (χ0n) is 9.91. The van der Waals surface area contributed by atoms with Crippen molar-refractivity contribution < 1.29 is 4.39 Å². The Morgan fingerprint density at radius 3 is 2.88 bits per heavy atom. The molecule has 0 unspecified atom stereocenters. The van der Waals surface area contributed by atoms with E-state index >= 15 is 0 Å². The van der Waals surface area contributed by atoms with E-state index < -0.39 is 5.95 Å². The summed E-state index contributed by atoms with van der Waals surface area (Å²) < 4.78 is 13.1. The number of hydrogen-bond acceptors (Lipinski definition) is 3. The first-order chi connectivity index (χ1) is 8.19. The van der Waals surface area contributed by atoms with Crippen LogP contribution in [0.5, 0.6) is 0 Å². The van der Waals surface area contributed by atoms with Crippen LogP contribution in [0.1, 0.15) is 18.4 Å². The number of rotatable bonds is 2. The largest absolute Gasteiger partial charge is 0.381 e. The summed E-state index contributed by atoms with van der Waals surface area (Å²) in [7, 11) is 2.12. The van der Waals surface area contributed by atoms with Crippen molar-refractivity contribution in [1.29, 1.82) is 0 Å². The minimum Gasteiger partial charge on any atom is -0.381 e. The molecule has 0 spiro atoms. The third kappa shape index (κ3) is 2.95. The van der Waals surface area contributed by atoms with E-state index in [0.29, 0.717) is 6.04 Å². The van der Waals surface area contributed by atoms with E-state index in [-0.39, 0.29) is 5.56 Å². The maximum absolute atomic E-state index is 13.1. The van der Waals surface area contributed by atoms with Crippen molar-refractivity contribution in [3.8, 4) is 12.3 Å². The highest BCUT2D eigenvalue weighted by atomic mass is 19.1. The van der Waals surface area contributed by atoms with Crippen molar-refractivity contribution in [2.45, 2.75) is 18.9 Å². The lowest BCUT2D eigenvalue weighted by Gasteiger charge is -2.30. The van der Waals surface area contributed by atoms with Crippen molar-refractivity contribution in [1.82, 2.24) is 9.88 Å². The van der Waals surface area contributed by atoms with Crippen LogP contribution >= 0.6 is 0 Å². The van der Waals surface area contributed by atoms with Crippen LogP contribution in [-0.2, 0) is 0 Å². The molecule has 0 bridgehead atoms. The molecular formula is C13H16FN3. The molecule has 0 radical (unpaired) electrons. The van der Waals surface area contributed by atoms with Crippen LogP contribution in [-0.4, -0.2) is 36.1 Å². The van der Waals surface area contributed by atoms with Gasteiger partial charge in [0, 0.05) is 6.04 Å². The maximum Gasteiger partial charge on any atom is 0.228 e. The first kappa shape index (κ1) is 11.9. The van der Waals surface area contributed by atoms with E-state index in [9.17, 15) is 4.39 Å². The first-order valence-electron chi connectivity index (χ1n) is 5.76. The Labute approximate surface area is 101 Å². The Morgan fingerprint density at radius 2 is 2.24 bits per heavy atom. The molecule has 3 nitrogen and oxygen atoms in total. The van der Waals surface area contributed by atoms with Crippen molar-refractivity contribution in [3.63, 3.8) is 0 Å². The summed E-state index contributed by atoms with van der Waals surface area (Å²) in [6.07, 6.45) is 8.87. The second kappa shape index (κ2) is 5.15. The highest BCUT2D eigenvalue weighted by Gasteiger charge is 2.16. The number of halogens is 1. The summed E-state index contributed by atoms with van der Waals surface area (Å²) in [5.74, 6) is 1.71. The second-order valence-corrected chi connectivity index (χ2v) is 4.43. The average molecular weight is 233 g/mol. The van der Waals surface area contributed by atoms with E-state index in [2.05, 4.69) is 28.2 Å². The van der Waals surface area contributed by atoms with Gasteiger partial charge in [-0.15, -0.1) is 6.42 Å². The van der Waals surface area contributed by atoms with Gasteiger partial charge in [-0.05, 0) is 39.0 Å². The number of nitrogens with zero attached hydrogens (tertiary/aromatic N) is 2. The standard InChI is InChI=1S/C13H16FN3/c1-3-10-8-12(9-15-13(10)14)16-11-4-6-17(2)7-5-11/h1,8-9,11,16H,4-7H2,2H3. The zero-order valence-corrected chi connectivity index (χ0v) is 9.91. The molecule has 0 saturated carbocycles. The van der Waals surface area contributed by atoms with Crippen LogP contribution in [0.25, 0.3) is 0 Å². The molecule has 1 aromatic rings. The van der Waals surface area contributed by atoms with Gasteiger partial charge < -0.3 is 10.2 Å². The lowest BCUT2D eigenvalue weighted by Crippen LogP contribution is -2.36. The molecule has 17 heavy (non-hydrogen) atoms. The summed E-state index contributed by atoms with van der Waals surface area (Å²) >= 11 is 0. The zero-order chi connectivity index (χ0) is 12.3. The monoisotopic (exact) mass is 233 g/mol. The average Bonchev–Trinajstić information content (AvgIpc) is 2.34. The van der Waals surface area contributed by atoms with Gasteiger partial charge in [0.05, 0.1) is 17.4 Å². The summed E-state index contributed by atoms with van der Waals surface area (Å²) in [4.78, 5) is 5.95. The minimum absolute atomic E-state index is 0.211. The Bertz CT molecular complexity index is 431. The molecule has 0 atom stereocenters. The number of pyridine rings is 1. The summed E-state index contributed by atoms with van der Waals surface area (Å²) in [6.45, 7) is 2.16. The van der Waals surface area contributed by atoms with E-state index in [1.807, 2.05) is 0 Å². The normalized spacial score (nSPS) is 17.7. The Morgan fingerprint density at radius 1 is 1.53 bits per heavy atom. The lowest BCUT2D eigenvalue weighted by atomic mass is 10.1. The predicted octanol–water partition coefficient (Wildman–Crippen LogP) is 1.71. The quantitative estimate of drug-likeness (QED) is 0.622. The minimum atomic E-state index is -0.582. The number of anilines is 1. The number of hydrogen-bond donors (Lipinski definition) is 1. The number of aromatic nitrogens is 1. The molecule has 1 aliphatic heterocycles. The van der Waals surface area contributed by atoms with Crippen molar-refractivity contribution >= 4 is 5.69 Å². The van der Waals surface area contributed by atoms with Gasteiger partial charge in [0.25, 0.3) is 0 Å². The predicted molar refractivity (Wildman–Crippen MR) is 66.3 cm³/mol. The van der Waals surface area contributed by atoms with Gasteiger partial charge in [-0.3, -0.25) is 0 Å².